The molecule has 1 aromatic heterocycles. The topological polar surface area (TPSA) is 42.2 Å². The monoisotopic (exact) mass is 205 g/mol. The Balaban J connectivity index is 2.21. The Kier molecular flexibility index (Phi) is 2.55. The number of nitrogens with zero attached hydrogens (tertiary/aromatic N) is 2. The second-order valence-corrected chi connectivity index (χ2v) is 5.10. The molecule has 0 amide bonds. The molecule has 0 saturated carbocycles. The summed E-state index contributed by atoms with van der Waals surface area (Å²) in [7, 11) is 0. The average molecular weight is 205 g/mol. The van der Waals surface area contributed by atoms with Gasteiger partial charge in [0.05, 0.1) is 5.69 Å². The first-order valence-corrected chi connectivity index (χ1v) is 5.54. The molecule has 1 aliphatic rings. The fourth-order valence-electron chi connectivity index (χ4n) is 2.31. The molecule has 0 atom stereocenters. The van der Waals surface area contributed by atoms with Crippen molar-refractivity contribution in [2.45, 2.75) is 26.7 Å². The number of piperidine rings is 1. The highest BCUT2D eigenvalue weighted by Gasteiger charge is 2.27. The van der Waals surface area contributed by atoms with Crippen molar-refractivity contribution < 1.29 is 0 Å². The molecule has 0 spiro atoms. The molecular formula is C12H19N3. The number of pyridine rings is 1. The standard InChI is InChI=1S/C12H19N3/c1-12(2)6-4-8-15(9-12)10-5-3-7-14-11(10)13/h3,5,7H,4,6,8-9H2,1-2H3,(H2,13,14). The Morgan fingerprint density at radius 1 is 1.47 bits per heavy atom. The predicted molar refractivity (Wildman–Crippen MR) is 63.9 cm³/mol. The normalized spacial score (nSPS) is 20.3. The van der Waals surface area contributed by atoms with Crippen molar-refractivity contribution in [3.8, 4) is 0 Å². The van der Waals surface area contributed by atoms with E-state index in [1.54, 1.807) is 6.20 Å². The fraction of sp³-hybridized carbons (Fsp3) is 0.583. The van der Waals surface area contributed by atoms with Crippen LogP contribution in [0, 0.1) is 5.41 Å². The van der Waals surface area contributed by atoms with E-state index >= 15 is 0 Å². The van der Waals surface area contributed by atoms with Crippen LogP contribution in [0.4, 0.5) is 11.5 Å². The molecule has 0 bridgehead atoms. The van der Waals surface area contributed by atoms with Crippen LogP contribution in [-0.2, 0) is 0 Å². The molecule has 3 heteroatoms. The summed E-state index contributed by atoms with van der Waals surface area (Å²) in [5.74, 6) is 0.648. The molecular weight excluding hydrogens is 186 g/mol. The van der Waals surface area contributed by atoms with E-state index in [0.717, 1.165) is 18.8 Å². The Labute approximate surface area is 91.3 Å². The lowest BCUT2D eigenvalue weighted by molar-refractivity contribution is 0.293. The highest BCUT2D eigenvalue weighted by molar-refractivity contribution is 5.63. The van der Waals surface area contributed by atoms with Gasteiger partial charge in [0.15, 0.2) is 0 Å². The lowest BCUT2D eigenvalue weighted by Crippen LogP contribution is -2.40. The zero-order valence-corrected chi connectivity index (χ0v) is 9.53. The van der Waals surface area contributed by atoms with Gasteiger partial charge in [-0.2, -0.15) is 0 Å². The zero-order chi connectivity index (χ0) is 10.9. The van der Waals surface area contributed by atoms with E-state index in [1.807, 2.05) is 6.07 Å². The Hall–Kier alpha value is -1.25. The van der Waals surface area contributed by atoms with Gasteiger partial charge in [0.2, 0.25) is 0 Å². The van der Waals surface area contributed by atoms with Crippen molar-refractivity contribution in [3.63, 3.8) is 0 Å². The van der Waals surface area contributed by atoms with Crippen LogP contribution in [0.3, 0.4) is 0 Å². The highest BCUT2D eigenvalue weighted by Crippen LogP contribution is 2.32. The molecule has 15 heavy (non-hydrogen) atoms. The molecule has 2 rings (SSSR count). The first kappa shape index (κ1) is 10.3. The van der Waals surface area contributed by atoms with Crippen LogP contribution in [0.1, 0.15) is 26.7 Å². The van der Waals surface area contributed by atoms with Crippen LogP contribution < -0.4 is 10.6 Å². The lowest BCUT2D eigenvalue weighted by Gasteiger charge is -2.39. The number of anilines is 2. The van der Waals surface area contributed by atoms with Crippen molar-refractivity contribution >= 4 is 11.5 Å². The van der Waals surface area contributed by atoms with Crippen molar-refractivity contribution in [1.82, 2.24) is 4.98 Å². The van der Waals surface area contributed by atoms with Crippen LogP contribution >= 0.6 is 0 Å². The van der Waals surface area contributed by atoms with Crippen LogP contribution in [-0.4, -0.2) is 18.1 Å². The van der Waals surface area contributed by atoms with E-state index in [0.29, 0.717) is 11.2 Å². The summed E-state index contributed by atoms with van der Waals surface area (Å²) in [6.07, 6.45) is 4.28. The summed E-state index contributed by atoms with van der Waals surface area (Å²) >= 11 is 0. The molecule has 82 valence electrons. The van der Waals surface area contributed by atoms with Gasteiger partial charge in [-0.25, -0.2) is 4.98 Å². The minimum atomic E-state index is 0.389. The molecule has 2 heterocycles. The molecule has 1 fully saturated rings. The van der Waals surface area contributed by atoms with E-state index in [2.05, 4.69) is 29.8 Å². The van der Waals surface area contributed by atoms with Crippen LogP contribution in [0.2, 0.25) is 0 Å². The first-order valence-electron chi connectivity index (χ1n) is 5.54. The predicted octanol–water partition coefficient (Wildman–Crippen LogP) is 2.29. The smallest absolute Gasteiger partial charge is 0.146 e. The van der Waals surface area contributed by atoms with E-state index in [1.165, 1.54) is 12.8 Å². The second kappa shape index (κ2) is 3.72. The maximum atomic E-state index is 5.89. The maximum Gasteiger partial charge on any atom is 0.146 e. The second-order valence-electron chi connectivity index (χ2n) is 5.10. The van der Waals surface area contributed by atoms with Gasteiger partial charge in [0, 0.05) is 19.3 Å². The van der Waals surface area contributed by atoms with Crippen molar-refractivity contribution in [2.24, 2.45) is 5.41 Å². The van der Waals surface area contributed by atoms with Crippen molar-refractivity contribution in [1.29, 1.82) is 0 Å². The third-order valence-electron chi connectivity index (χ3n) is 3.06. The Bertz CT molecular complexity index is 346. The number of nitrogen functional groups attached to an aromatic ring is 1. The molecule has 0 aromatic carbocycles. The summed E-state index contributed by atoms with van der Waals surface area (Å²) in [6.45, 7) is 6.79. The minimum Gasteiger partial charge on any atom is -0.382 e. The highest BCUT2D eigenvalue weighted by atomic mass is 15.2. The quantitative estimate of drug-likeness (QED) is 0.765. The van der Waals surface area contributed by atoms with Gasteiger partial charge in [-0.1, -0.05) is 13.8 Å². The van der Waals surface area contributed by atoms with E-state index in [4.69, 9.17) is 5.73 Å². The Morgan fingerprint density at radius 2 is 2.27 bits per heavy atom. The molecule has 0 aliphatic carbocycles. The summed E-state index contributed by atoms with van der Waals surface area (Å²) < 4.78 is 0. The molecule has 3 nitrogen and oxygen atoms in total. The maximum absolute atomic E-state index is 5.89. The lowest BCUT2D eigenvalue weighted by atomic mass is 9.84. The van der Waals surface area contributed by atoms with Crippen molar-refractivity contribution in [3.05, 3.63) is 18.3 Å². The molecule has 1 aromatic rings. The van der Waals surface area contributed by atoms with E-state index in [-0.39, 0.29) is 0 Å². The summed E-state index contributed by atoms with van der Waals surface area (Å²) in [5.41, 5.74) is 7.36. The number of hydrogen-bond donors (Lipinski definition) is 1. The number of nitrogens with two attached hydrogens (primary N) is 1. The molecule has 1 saturated heterocycles. The summed E-state index contributed by atoms with van der Waals surface area (Å²) in [4.78, 5) is 6.49. The Morgan fingerprint density at radius 3 is 2.93 bits per heavy atom. The number of rotatable bonds is 1. The molecule has 0 unspecified atom stereocenters. The van der Waals surface area contributed by atoms with E-state index in [9.17, 15) is 0 Å². The van der Waals surface area contributed by atoms with Crippen LogP contribution in [0.15, 0.2) is 18.3 Å². The average Bonchev–Trinajstić information content (AvgIpc) is 2.17. The zero-order valence-electron chi connectivity index (χ0n) is 9.53. The van der Waals surface area contributed by atoms with Gasteiger partial charge in [0.1, 0.15) is 5.82 Å². The van der Waals surface area contributed by atoms with Gasteiger partial charge < -0.3 is 10.6 Å². The number of aromatic nitrogens is 1. The van der Waals surface area contributed by atoms with Crippen LogP contribution in [0.5, 0.6) is 0 Å². The van der Waals surface area contributed by atoms with Crippen LogP contribution in [0.25, 0.3) is 0 Å². The van der Waals surface area contributed by atoms with Gasteiger partial charge in [-0.05, 0) is 30.4 Å². The third-order valence-corrected chi connectivity index (χ3v) is 3.06. The van der Waals surface area contributed by atoms with Gasteiger partial charge in [-0.3, -0.25) is 0 Å². The van der Waals surface area contributed by atoms with E-state index < -0.39 is 0 Å². The van der Waals surface area contributed by atoms with Gasteiger partial charge in [-0.15, -0.1) is 0 Å². The fourth-order valence-corrected chi connectivity index (χ4v) is 2.31. The third kappa shape index (κ3) is 2.22. The molecule has 1 aliphatic heterocycles. The summed E-state index contributed by atoms with van der Waals surface area (Å²) in [5, 5.41) is 0. The molecule has 0 radical (unpaired) electrons. The SMILES string of the molecule is CC1(C)CCCN(c2cccnc2N)C1. The first-order chi connectivity index (χ1) is 7.08. The number of hydrogen-bond acceptors (Lipinski definition) is 3. The molecule has 2 N–H and O–H groups in total. The van der Waals surface area contributed by atoms with Gasteiger partial charge in [0.25, 0.3) is 0 Å². The van der Waals surface area contributed by atoms with Gasteiger partial charge >= 0.3 is 0 Å². The minimum absolute atomic E-state index is 0.389. The largest absolute Gasteiger partial charge is 0.382 e. The summed E-state index contributed by atoms with van der Waals surface area (Å²) in [6, 6.07) is 4.01. The van der Waals surface area contributed by atoms with Crippen molar-refractivity contribution in [2.75, 3.05) is 23.7 Å².